The molecule has 0 spiro atoms. The first-order valence-corrected chi connectivity index (χ1v) is 15.4. The Hall–Kier alpha value is -3.50. The van der Waals surface area contributed by atoms with Crippen LogP contribution in [0.5, 0.6) is 6.01 Å². The fraction of sp³-hybridized carbons (Fsp3) is 0.613. The average molecular weight is 652 g/mol. The van der Waals surface area contributed by atoms with Crippen molar-refractivity contribution in [3.05, 3.63) is 40.0 Å². The predicted molar refractivity (Wildman–Crippen MR) is 166 cm³/mol. The number of hydrogen-bond acceptors (Lipinski definition) is 9. The van der Waals surface area contributed by atoms with Crippen LogP contribution >= 0.6 is 11.6 Å². The van der Waals surface area contributed by atoms with Crippen LogP contribution in [0.25, 0.3) is 0 Å². The molecule has 45 heavy (non-hydrogen) atoms. The molecule has 0 aliphatic carbocycles. The molecule has 246 valence electrons. The molecule has 14 heteroatoms. The van der Waals surface area contributed by atoms with Crippen LogP contribution in [0.4, 0.5) is 29.5 Å². The van der Waals surface area contributed by atoms with Crippen molar-refractivity contribution in [2.75, 3.05) is 63.2 Å². The minimum atomic E-state index is -4.62. The number of ether oxygens (including phenoxy) is 2. The lowest BCUT2D eigenvalue weighted by atomic mass is 10.0. The summed E-state index contributed by atoms with van der Waals surface area (Å²) in [4.78, 5) is 29.3. The molecule has 0 N–H and O–H groups in total. The third-order valence-corrected chi connectivity index (χ3v) is 8.20. The molecule has 0 unspecified atom stereocenters. The van der Waals surface area contributed by atoms with Gasteiger partial charge in [-0.2, -0.15) is 28.4 Å². The second kappa shape index (κ2) is 14.3. The summed E-state index contributed by atoms with van der Waals surface area (Å²) < 4.78 is 52.4. The zero-order valence-electron chi connectivity index (χ0n) is 26.5. The Morgan fingerprint density at radius 1 is 1.09 bits per heavy atom. The van der Waals surface area contributed by atoms with Crippen molar-refractivity contribution in [1.29, 1.82) is 5.26 Å². The summed E-state index contributed by atoms with van der Waals surface area (Å²) in [5.74, 6) is 0.588. The number of benzene rings is 1. The molecule has 0 bridgehead atoms. The number of carbonyl (C=O) groups excluding carboxylic acids is 1. The van der Waals surface area contributed by atoms with E-state index in [2.05, 4.69) is 28.0 Å². The first-order valence-electron chi connectivity index (χ1n) is 15.1. The quantitative estimate of drug-likeness (QED) is 0.408. The van der Waals surface area contributed by atoms with E-state index in [1.165, 1.54) is 51.2 Å². The van der Waals surface area contributed by atoms with Crippen molar-refractivity contribution >= 4 is 29.2 Å². The second-order valence-electron chi connectivity index (χ2n) is 12.4. The van der Waals surface area contributed by atoms with Gasteiger partial charge in [-0.3, -0.25) is 0 Å². The van der Waals surface area contributed by atoms with Gasteiger partial charge in [0, 0.05) is 31.7 Å². The van der Waals surface area contributed by atoms with Gasteiger partial charge < -0.3 is 29.1 Å². The van der Waals surface area contributed by atoms with E-state index >= 15 is 0 Å². The van der Waals surface area contributed by atoms with Gasteiger partial charge >= 0.3 is 18.3 Å². The molecule has 1 aromatic carbocycles. The number of aromatic nitrogens is 2. The van der Waals surface area contributed by atoms with Crippen molar-refractivity contribution in [3.8, 4) is 12.1 Å². The lowest BCUT2D eigenvalue weighted by molar-refractivity contribution is -0.137. The molecule has 1 atom stereocenters. The molecule has 0 saturated carbocycles. The maximum Gasteiger partial charge on any atom is 0.419 e. The van der Waals surface area contributed by atoms with E-state index in [1.807, 2.05) is 4.90 Å². The number of nitriles is 1. The molecule has 1 amide bonds. The number of methoxy groups -OCH3 is 1. The number of amides is 1. The highest BCUT2D eigenvalue weighted by Gasteiger charge is 2.39. The molecule has 2 fully saturated rings. The number of hydrogen-bond donors (Lipinski definition) is 0. The summed E-state index contributed by atoms with van der Waals surface area (Å²) in [6, 6.07) is 5.92. The molecule has 4 heterocycles. The molecular formula is C31H41ClF3N7O3. The molecule has 10 nitrogen and oxygen atoms in total. The van der Waals surface area contributed by atoms with E-state index in [1.54, 1.807) is 30.6 Å². The van der Waals surface area contributed by atoms with E-state index < -0.39 is 29.5 Å². The monoisotopic (exact) mass is 651 g/mol. The van der Waals surface area contributed by atoms with Crippen LogP contribution in [0.1, 0.15) is 56.9 Å². The minimum Gasteiger partial charge on any atom is -0.467 e. The summed E-state index contributed by atoms with van der Waals surface area (Å²) in [5, 5.41) is 9.07. The topological polar surface area (TPSA) is 98.1 Å². The lowest BCUT2D eigenvalue weighted by Gasteiger charge is -2.42. The van der Waals surface area contributed by atoms with Crippen LogP contribution in [-0.4, -0.2) is 90.9 Å². The van der Waals surface area contributed by atoms with Crippen LogP contribution in [0.2, 0.25) is 5.02 Å². The number of piperazine rings is 1. The highest BCUT2D eigenvalue weighted by molar-refractivity contribution is 6.31. The molecule has 5 rings (SSSR count). The molecule has 0 radical (unpaired) electrons. The second-order valence-corrected chi connectivity index (χ2v) is 12.8. The highest BCUT2D eigenvalue weighted by Crippen LogP contribution is 2.43. The standard InChI is InChI=1S/C26H30ClF3N6O3.C5H11N/c1-25(2,3)39-24(37)36-13-12-35(14-16(36)8-10-31)22-17-9-11-34(15-19(17)32-23(33-22)38-4)20-7-5-6-18(27)21(20)26(28,29)30;1-6-4-2-3-5-6/h5-7,16H,8-9,11-15H2,1-4H3;2-5H2,1H3/t16-;/m0./s1. The summed E-state index contributed by atoms with van der Waals surface area (Å²) in [6.07, 6.45) is -1.79. The molecule has 1 aromatic heterocycles. The maximum absolute atomic E-state index is 13.8. The van der Waals surface area contributed by atoms with Crippen molar-refractivity contribution in [1.82, 2.24) is 19.8 Å². The third kappa shape index (κ3) is 8.61. The van der Waals surface area contributed by atoms with Gasteiger partial charge in [-0.25, -0.2) is 4.79 Å². The molecule has 2 aromatic rings. The largest absolute Gasteiger partial charge is 0.467 e. The SMILES string of the molecule is CN1CCCC1.COc1nc2c(c(N3CCN(C(=O)OC(C)(C)C)[C@@H](CC#N)C3)n1)CCN(c1cccc(Cl)c1C(F)(F)F)C2. The predicted octanol–water partition coefficient (Wildman–Crippen LogP) is 5.77. The van der Waals surface area contributed by atoms with Gasteiger partial charge in [0.15, 0.2) is 0 Å². The maximum atomic E-state index is 13.8. The zero-order chi connectivity index (χ0) is 32.9. The van der Waals surface area contributed by atoms with E-state index in [0.717, 1.165) is 5.56 Å². The highest BCUT2D eigenvalue weighted by atomic mass is 35.5. The molecule has 2 saturated heterocycles. The Morgan fingerprint density at radius 2 is 1.80 bits per heavy atom. The minimum absolute atomic E-state index is 0.0140. The number of halogens is 4. The normalized spacial score (nSPS) is 18.9. The first kappa shape index (κ1) is 34.4. The molecular weight excluding hydrogens is 611 g/mol. The lowest BCUT2D eigenvalue weighted by Crippen LogP contribution is -2.56. The summed E-state index contributed by atoms with van der Waals surface area (Å²) in [7, 11) is 3.59. The summed E-state index contributed by atoms with van der Waals surface area (Å²) in [6.45, 7) is 9.44. The number of anilines is 2. The Balaban J connectivity index is 0.000000687. The summed E-state index contributed by atoms with van der Waals surface area (Å²) in [5.41, 5.74) is -0.230. The van der Waals surface area contributed by atoms with Crippen molar-refractivity contribution < 1.29 is 27.4 Å². The Kier molecular flexibility index (Phi) is 10.9. The number of carbonyl (C=O) groups is 1. The summed E-state index contributed by atoms with van der Waals surface area (Å²) >= 11 is 5.96. The van der Waals surface area contributed by atoms with E-state index in [-0.39, 0.29) is 29.7 Å². The van der Waals surface area contributed by atoms with Crippen molar-refractivity contribution in [3.63, 3.8) is 0 Å². The van der Waals surface area contributed by atoms with Gasteiger partial charge in [-0.05, 0) is 72.3 Å². The van der Waals surface area contributed by atoms with Crippen molar-refractivity contribution in [2.24, 2.45) is 0 Å². The van der Waals surface area contributed by atoms with Crippen LogP contribution in [0.15, 0.2) is 18.2 Å². The fourth-order valence-electron chi connectivity index (χ4n) is 5.77. The van der Waals surface area contributed by atoms with E-state index in [0.29, 0.717) is 44.1 Å². The van der Waals surface area contributed by atoms with E-state index in [9.17, 15) is 23.2 Å². The Bertz CT molecular complexity index is 1390. The molecule has 3 aliphatic heterocycles. The smallest absolute Gasteiger partial charge is 0.419 e. The Morgan fingerprint density at radius 3 is 2.38 bits per heavy atom. The molecule has 3 aliphatic rings. The van der Waals surface area contributed by atoms with Gasteiger partial charge in [0.2, 0.25) is 0 Å². The van der Waals surface area contributed by atoms with Crippen molar-refractivity contribution in [2.45, 2.75) is 70.8 Å². The van der Waals surface area contributed by atoms with Gasteiger partial charge in [-0.1, -0.05) is 17.7 Å². The average Bonchev–Trinajstić information content (AvgIpc) is 3.45. The van der Waals surface area contributed by atoms with Gasteiger partial charge in [0.1, 0.15) is 11.4 Å². The van der Waals surface area contributed by atoms with Crippen LogP contribution in [-0.2, 0) is 23.9 Å². The number of alkyl halides is 3. The van der Waals surface area contributed by atoms with Gasteiger partial charge in [-0.15, -0.1) is 0 Å². The van der Waals surface area contributed by atoms with Crippen LogP contribution < -0.4 is 14.5 Å². The fourth-order valence-corrected chi connectivity index (χ4v) is 6.04. The Labute approximate surface area is 267 Å². The van der Waals surface area contributed by atoms with Gasteiger partial charge in [0.25, 0.3) is 0 Å². The van der Waals surface area contributed by atoms with Crippen LogP contribution in [0.3, 0.4) is 0 Å². The number of rotatable bonds is 4. The third-order valence-electron chi connectivity index (χ3n) is 7.89. The first-order chi connectivity index (χ1) is 21.2. The number of fused-ring (bicyclic) bond motifs is 1. The van der Waals surface area contributed by atoms with Crippen LogP contribution in [0, 0.1) is 11.3 Å². The number of likely N-dealkylation sites (tertiary alicyclic amines) is 1. The van der Waals surface area contributed by atoms with E-state index in [4.69, 9.17) is 21.1 Å². The number of nitrogens with zero attached hydrogens (tertiary/aromatic N) is 7. The van der Waals surface area contributed by atoms with Gasteiger partial charge in [0.05, 0.1) is 54.2 Å². The zero-order valence-corrected chi connectivity index (χ0v) is 27.2.